The van der Waals surface area contributed by atoms with E-state index in [1.807, 2.05) is 36.4 Å². The maximum absolute atomic E-state index is 12.4. The number of rotatable bonds is 8. The zero-order valence-corrected chi connectivity index (χ0v) is 19.0. The first-order valence-electron chi connectivity index (χ1n) is 9.69. The van der Waals surface area contributed by atoms with Crippen molar-refractivity contribution >= 4 is 11.6 Å². The van der Waals surface area contributed by atoms with Crippen LogP contribution in [-0.2, 0) is 24.1 Å². The quantitative estimate of drug-likeness (QED) is 0.309. The molecule has 4 aromatic carbocycles. The number of ketones is 2. The molecular weight excluding hydrogens is 468 g/mol. The molecule has 0 fully saturated rings. The third kappa shape index (κ3) is 5.45. The van der Waals surface area contributed by atoms with Crippen LogP contribution in [0.1, 0.15) is 31.8 Å². The average molecular weight is 486 g/mol. The van der Waals surface area contributed by atoms with Gasteiger partial charge in [0.2, 0.25) is 0 Å². The summed E-state index contributed by atoms with van der Waals surface area (Å²) in [7, 11) is 0. The third-order valence-electron chi connectivity index (χ3n) is 4.62. The summed E-state index contributed by atoms with van der Waals surface area (Å²) in [5.74, 6) is 1.31. The molecule has 0 atom stereocenters. The van der Waals surface area contributed by atoms with Crippen molar-refractivity contribution in [2.24, 2.45) is 0 Å². The van der Waals surface area contributed by atoms with Gasteiger partial charge in [0.15, 0.2) is 0 Å². The molecule has 0 N–H and O–H groups in total. The summed E-state index contributed by atoms with van der Waals surface area (Å²) in [4.78, 5) is 24.9. The fourth-order valence-electron chi connectivity index (χ4n) is 2.98. The van der Waals surface area contributed by atoms with Crippen molar-refractivity contribution < 1.29 is 39.3 Å². The van der Waals surface area contributed by atoms with E-state index in [-0.39, 0.29) is 11.6 Å². The Kier molecular flexibility index (Phi) is 6.86. The zero-order chi connectivity index (χ0) is 21.5. The van der Waals surface area contributed by atoms with E-state index >= 15 is 0 Å². The van der Waals surface area contributed by atoms with Gasteiger partial charge in [-0.3, -0.25) is 0 Å². The molecule has 4 aromatic rings. The van der Waals surface area contributed by atoms with Crippen molar-refractivity contribution in [1.29, 1.82) is 0 Å². The van der Waals surface area contributed by atoms with E-state index in [2.05, 4.69) is 0 Å². The molecule has 5 heteroatoms. The number of hydrogen-bond donors (Lipinski definition) is 0. The second-order valence-corrected chi connectivity index (χ2v) is 8.14. The molecule has 0 bridgehead atoms. The van der Waals surface area contributed by atoms with E-state index in [9.17, 15) is 9.59 Å². The molecule has 0 spiro atoms. The van der Waals surface area contributed by atoms with Crippen LogP contribution >= 0.6 is 0 Å². The molecule has 0 amide bonds. The molecule has 31 heavy (non-hydrogen) atoms. The normalized spacial score (nSPS) is 10.2. The molecule has 0 radical (unpaired) electrons. The summed E-state index contributed by atoms with van der Waals surface area (Å²) in [6.07, 6.45) is 0. The van der Waals surface area contributed by atoms with E-state index in [1.165, 1.54) is 0 Å². The van der Waals surface area contributed by atoms with Crippen LogP contribution in [0.5, 0.6) is 11.5 Å². The molecule has 4 rings (SSSR count). The Morgan fingerprint density at radius 1 is 0.452 bits per heavy atom. The van der Waals surface area contributed by atoms with Gasteiger partial charge in [-0.15, -0.1) is 0 Å². The summed E-state index contributed by atoms with van der Waals surface area (Å²) in [5.41, 5.74) is 2.54. The van der Waals surface area contributed by atoms with Crippen molar-refractivity contribution in [3.63, 3.8) is 0 Å². The summed E-state index contributed by atoms with van der Waals surface area (Å²) >= 11 is -1.62. The van der Waals surface area contributed by atoms with E-state index in [0.29, 0.717) is 33.8 Å². The fraction of sp³-hybridized carbons (Fsp3) is 0. The average Bonchev–Trinajstić information content (AvgIpc) is 2.85. The predicted molar refractivity (Wildman–Crippen MR) is 114 cm³/mol. The van der Waals surface area contributed by atoms with Gasteiger partial charge >= 0.3 is 194 Å². The molecule has 0 aliphatic carbocycles. The molecular formula is C26H18O4Zr. The van der Waals surface area contributed by atoms with Crippen molar-refractivity contribution in [2.75, 3.05) is 0 Å². The molecule has 0 saturated heterocycles. The van der Waals surface area contributed by atoms with Gasteiger partial charge in [0.25, 0.3) is 0 Å². The van der Waals surface area contributed by atoms with Crippen LogP contribution in [0.25, 0.3) is 0 Å². The second-order valence-electron chi connectivity index (χ2n) is 6.73. The van der Waals surface area contributed by atoms with Crippen LogP contribution in [-0.4, -0.2) is 11.6 Å². The Morgan fingerprint density at radius 3 is 1.13 bits per heavy atom. The Morgan fingerprint density at radius 2 is 0.774 bits per heavy atom. The van der Waals surface area contributed by atoms with Gasteiger partial charge in [0.05, 0.1) is 0 Å². The van der Waals surface area contributed by atoms with Gasteiger partial charge in [0, 0.05) is 0 Å². The monoisotopic (exact) mass is 484 g/mol. The first kappa shape index (κ1) is 21.0. The Balaban J connectivity index is 1.30. The van der Waals surface area contributed by atoms with E-state index in [1.54, 1.807) is 72.8 Å². The van der Waals surface area contributed by atoms with Crippen LogP contribution in [0.2, 0.25) is 0 Å². The fourth-order valence-corrected chi connectivity index (χ4v) is 4.22. The Bertz CT molecular complexity index is 1060. The van der Waals surface area contributed by atoms with Crippen LogP contribution in [0, 0.1) is 0 Å². The molecule has 0 heterocycles. The van der Waals surface area contributed by atoms with Crippen molar-refractivity contribution in [3.8, 4) is 11.5 Å². The van der Waals surface area contributed by atoms with Gasteiger partial charge in [0.1, 0.15) is 0 Å². The topological polar surface area (TPSA) is 52.6 Å². The summed E-state index contributed by atoms with van der Waals surface area (Å²) in [5, 5.41) is 0. The van der Waals surface area contributed by atoms with Crippen LogP contribution < -0.4 is 5.63 Å². The maximum atomic E-state index is 12.4. The predicted octanol–water partition coefficient (Wildman–Crippen LogP) is 5.52. The van der Waals surface area contributed by atoms with Gasteiger partial charge in [-0.1, -0.05) is 0 Å². The summed E-state index contributed by atoms with van der Waals surface area (Å²) in [6, 6.07) is 32.5. The van der Waals surface area contributed by atoms with Crippen molar-refractivity contribution in [2.45, 2.75) is 0 Å². The molecule has 0 saturated carbocycles. The van der Waals surface area contributed by atoms with E-state index < -0.39 is 24.1 Å². The number of carbonyl (C=O) groups is 2. The minimum absolute atomic E-state index is 0.0199. The van der Waals surface area contributed by atoms with Crippen molar-refractivity contribution in [1.82, 2.24) is 0 Å². The minimum atomic E-state index is -1.62. The molecule has 0 aromatic heterocycles. The van der Waals surface area contributed by atoms with Crippen LogP contribution in [0.15, 0.2) is 109 Å². The van der Waals surface area contributed by atoms with Gasteiger partial charge in [-0.2, -0.15) is 0 Å². The summed E-state index contributed by atoms with van der Waals surface area (Å²) in [6.45, 7) is 0. The number of hydrogen-bond acceptors (Lipinski definition) is 4. The number of benzene rings is 4. The SMILES string of the molecule is O=C(c1ccccc1)c1ccc([O][Zr][O]c2ccc(C(=O)c3ccccc3)cc2)cc1. The molecule has 0 unspecified atom stereocenters. The van der Waals surface area contributed by atoms with Crippen molar-refractivity contribution in [3.05, 3.63) is 131 Å². The molecule has 0 aliphatic heterocycles. The Hall–Kier alpha value is -3.30. The van der Waals surface area contributed by atoms with Crippen LogP contribution in [0.3, 0.4) is 0 Å². The van der Waals surface area contributed by atoms with E-state index in [0.717, 1.165) is 0 Å². The van der Waals surface area contributed by atoms with Gasteiger partial charge in [-0.25, -0.2) is 0 Å². The molecule has 150 valence electrons. The van der Waals surface area contributed by atoms with Crippen LogP contribution in [0.4, 0.5) is 0 Å². The molecule has 0 aliphatic rings. The summed E-state index contributed by atoms with van der Waals surface area (Å²) < 4.78 is 11.5. The van der Waals surface area contributed by atoms with Gasteiger partial charge in [-0.05, 0) is 0 Å². The molecule has 4 nitrogen and oxygen atoms in total. The third-order valence-corrected chi connectivity index (χ3v) is 6.19. The standard InChI is InChI=1S/2C13H10O2.Zr/c2*14-12-8-6-11(7-9-12)13(15)10-4-2-1-3-5-10;/h2*1-9,14H;/q;;+2/p-2. The number of carbonyl (C=O) groups excluding carboxylic acids is 2. The zero-order valence-electron chi connectivity index (χ0n) is 16.5. The second kappa shape index (κ2) is 10.1. The first-order valence-corrected chi connectivity index (χ1v) is 11.7. The van der Waals surface area contributed by atoms with Gasteiger partial charge < -0.3 is 0 Å². The van der Waals surface area contributed by atoms with E-state index in [4.69, 9.17) is 5.63 Å². The Labute approximate surface area is 193 Å². The first-order chi connectivity index (χ1) is 15.2.